The number of Topliss-reactive ketones (excluding diaryl/α,β-unsaturated/α-hetero) is 1. The SMILES string of the molecule is CCC(C)(C(=O)Cc1ncnn1C)N1CCOCC1. The molecule has 0 spiro atoms. The van der Waals surface area contributed by atoms with Gasteiger partial charge in [0.25, 0.3) is 0 Å². The van der Waals surface area contributed by atoms with E-state index in [0.29, 0.717) is 19.6 Å². The lowest BCUT2D eigenvalue weighted by Crippen LogP contribution is -2.56. The van der Waals surface area contributed by atoms with Crippen LogP contribution in [0.1, 0.15) is 26.1 Å². The molecule has 19 heavy (non-hydrogen) atoms. The van der Waals surface area contributed by atoms with Gasteiger partial charge < -0.3 is 4.74 Å². The summed E-state index contributed by atoms with van der Waals surface area (Å²) in [5.74, 6) is 0.922. The van der Waals surface area contributed by atoms with Crippen molar-refractivity contribution in [3.05, 3.63) is 12.2 Å². The van der Waals surface area contributed by atoms with Gasteiger partial charge in [0.15, 0.2) is 5.78 Å². The maximum atomic E-state index is 12.7. The Morgan fingerprint density at radius 3 is 2.68 bits per heavy atom. The summed E-state index contributed by atoms with van der Waals surface area (Å²) in [6.07, 6.45) is 2.61. The Hall–Kier alpha value is -1.27. The molecular formula is C13H22N4O2. The first-order chi connectivity index (χ1) is 9.08. The Morgan fingerprint density at radius 2 is 2.16 bits per heavy atom. The number of aryl methyl sites for hydroxylation is 1. The van der Waals surface area contributed by atoms with Crippen LogP contribution in [-0.4, -0.2) is 57.3 Å². The minimum absolute atomic E-state index is 0.202. The minimum Gasteiger partial charge on any atom is -0.379 e. The Kier molecular flexibility index (Phi) is 4.31. The Bertz CT molecular complexity index is 440. The average molecular weight is 266 g/mol. The Balaban J connectivity index is 2.11. The zero-order chi connectivity index (χ0) is 13.9. The van der Waals surface area contributed by atoms with Crippen molar-refractivity contribution in [1.82, 2.24) is 19.7 Å². The predicted octanol–water partition coefficient (Wildman–Crippen LogP) is 0.428. The Labute approximate surface area is 113 Å². The number of carbonyl (C=O) groups is 1. The third-order valence-corrected chi connectivity index (χ3v) is 4.12. The predicted molar refractivity (Wildman–Crippen MR) is 70.8 cm³/mol. The molecule has 1 fully saturated rings. The number of nitrogens with zero attached hydrogens (tertiary/aromatic N) is 4. The number of ether oxygens (including phenoxy) is 1. The van der Waals surface area contributed by atoms with Crippen LogP contribution in [-0.2, 0) is 23.0 Å². The number of ketones is 1. The molecule has 2 rings (SSSR count). The highest BCUT2D eigenvalue weighted by atomic mass is 16.5. The molecule has 0 bridgehead atoms. The van der Waals surface area contributed by atoms with Crippen LogP contribution in [0.5, 0.6) is 0 Å². The van der Waals surface area contributed by atoms with Crippen LogP contribution < -0.4 is 0 Å². The van der Waals surface area contributed by atoms with Crippen LogP contribution in [0.4, 0.5) is 0 Å². The van der Waals surface area contributed by atoms with Crippen molar-refractivity contribution in [2.45, 2.75) is 32.2 Å². The fourth-order valence-corrected chi connectivity index (χ4v) is 2.47. The van der Waals surface area contributed by atoms with E-state index in [1.54, 1.807) is 4.68 Å². The lowest BCUT2D eigenvalue weighted by molar-refractivity contribution is -0.133. The zero-order valence-electron chi connectivity index (χ0n) is 11.9. The smallest absolute Gasteiger partial charge is 0.160 e. The molecule has 6 nitrogen and oxygen atoms in total. The van der Waals surface area contributed by atoms with Gasteiger partial charge in [0, 0.05) is 20.1 Å². The number of hydrogen-bond donors (Lipinski definition) is 0. The fourth-order valence-electron chi connectivity index (χ4n) is 2.47. The molecule has 0 N–H and O–H groups in total. The Morgan fingerprint density at radius 1 is 1.47 bits per heavy atom. The molecule has 1 atom stereocenters. The summed E-state index contributed by atoms with van der Waals surface area (Å²) >= 11 is 0. The van der Waals surface area contributed by atoms with E-state index in [0.717, 1.165) is 25.3 Å². The molecule has 1 aliphatic rings. The molecule has 1 aliphatic heterocycles. The molecule has 0 saturated carbocycles. The second kappa shape index (κ2) is 5.79. The second-order valence-corrected chi connectivity index (χ2v) is 5.13. The first kappa shape index (κ1) is 14.1. The maximum absolute atomic E-state index is 12.7. The molecule has 106 valence electrons. The van der Waals surface area contributed by atoms with Crippen LogP contribution in [0.3, 0.4) is 0 Å². The first-order valence-corrected chi connectivity index (χ1v) is 6.77. The summed E-state index contributed by atoms with van der Waals surface area (Å²) in [5, 5.41) is 4.01. The topological polar surface area (TPSA) is 60.2 Å². The third kappa shape index (κ3) is 2.84. The van der Waals surface area contributed by atoms with Crippen LogP contribution in [0, 0.1) is 0 Å². The fraction of sp³-hybridized carbons (Fsp3) is 0.769. The summed E-state index contributed by atoms with van der Waals surface area (Å²) < 4.78 is 7.02. The van der Waals surface area contributed by atoms with Crippen molar-refractivity contribution < 1.29 is 9.53 Å². The largest absolute Gasteiger partial charge is 0.379 e. The standard InChI is InChI=1S/C13H22N4O2/c1-4-13(2,17-5-7-19-8-6-17)11(18)9-12-14-10-15-16(12)3/h10H,4-9H2,1-3H3. The average Bonchev–Trinajstić information content (AvgIpc) is 2.84. The molecule has 0 radical (unpaired) electrons. The molecular weight excluding hydrogens is 244 g/mol. The lowest BCUT2D eigenvalue weighted by Gasteiger charge is -2.41. The van der Waals surface area contributed by atoms with Gasteiger partial charge in [-0.1, -0.05) is 6.92 Å². The normalized spacial score (nSPS) is 20.2. The molecule has 1 saturated heterocycles. The molecule has 2 heterocycles. The van der Waals surface area contributed by atoms with Crippen molar-refractivity contribution >= 4 is 5.78 Å². The highest BCUT2D eigenvalue weighted by molar-refractivity contribution is 5.89. The summed E-state index contributed by atoms with van der Waals surface area (Å²) in [5.41, 5.74) is -0.435. The van der Waals surface area contributed by atoms with Gasteiger partial charge in [-0.05, 0) is 13.3 Å². The van der Waals surface area contributed by atoms with E-state index in [1.165, 1.54) is 6.33 Å². The molecule has 1 aromatic heterocycles. The minimum atomic E-state index is -0.435. The zero-order valence-corrected chi connectivity index (χ0v) is 11.9. The van der Waals surface area contributed by atoms with E-state index in [2.05, 4.69) is 21.9 Å². The van der Waals surface area contributed by atoms with E-state index in [1.807, 2.05) is 14.0 Å². The van der Waals surface area contributed by atoms with Gasteiger partial charge in [-0.3, -0.25) is 14.4 Å². The van der Waals surface area contributed by atoms with Crippen molar-refractivity contribution in [2.75, 3.05) is 26.3 Å². The van der Waals surface area contributed by atoms with E-state index < -0.39 is 5.54 Å². The number of hydrogen-bond acceptors (Lipinski definition) is 5. The van der Waals surface area contributed by atoms with E-state index in [-0.39, 0.29) is 5.78 Å². The second-order valence-electron chi connectivity index (χ2n) is 5.13. The monoisotopic (exact) mass is 266 g/mol. The molecule has 0 aromatic carbocycles. The summed E-state index contributed by atoms with van der Waals surface area (Å²) in [7, 11) is 1.81. The quantitative estimate of drug-likeness (QED) is 0.773. The highest BCUT2D eigenvalue weighted by Gasteiger charge is 2.38. The van der Waals surface area contributed by atoms with Crippen molar-refractivity contribution in [2.24, 2.45) is 7.05 Å². The van der Waals surface area contributed by atoms with Gasteiger partial charge in [0.1, 0.15) is 12.2 Å². The number of rotatable bonds is 5. The number of aromatic nitrogens is 3. The summed E-state index contributed by atoms with van der Waals surface area (Å²) in [6, 6.07) is 0. The van der Waals surface area contributed by atoms with E-state index in [4.69, 9.17) is 4.74 Å². The van der Waals surface area contributed by atoms with Crippen molar-refractivity contribution in [3.8, 4) is 0 Å². The molecule has 1 unspecified atom stereocenters. The van der Waals surface area contributed by atoms with Crippen LogP contribution in [0.15, 0.2) is 6.33 Å². The van der Waals surface area contributed by atoms with Gasteiger partial charge in [0.05, 0.1) is 25.2 Å². The van der Waals surface area contributed by atoms with Gasteiger partial charge in [-0.2, -0.15) is 5.10 Å². The van der Waals surface area contributed by atoms with Crippen LogP contribution >= 0.6 is 0 Å². The van der Waals surface area contributed by atoms with Crippen molar-refractivity contribution in [3.63, 3.8) is 0 Å². The van der Waals surface area contributed by atoms with Gasteiger partial charge in [-0.15, -0.1) is 0 Å². The molecule has 0 amide bonds. The first-order valence-electron chi connectivity index (χ1n) is 6.77. The third-order valence-electron chi connectivity index (χ3n) is 4.12. The summed E-state index contributed by atoms with van der Waals surface area (Å²) in [4.78, 5) is 19.0. The molecule has 1 aromatic rings. The van der Waals surface area contributed by atoms with Crippen LogP contribution in [0.2, 0.25) is 0 Å². The van der Waals surface area contributed by atoms with Gasteiger partial charge >= 0.3 is 0 Å². The number of carbonyl (C=O) groups excluding carboxylic acids is 1. The number of morpholine rings is 1. The summed E-state index contributed by atoms with van der Waals surface area (Å²) in [6.45, 7) is 7.12. The van der Waals surface area contributed by atoms with Gasteiger partial charge in [-0.25, -0.2) is 4.98 Å². The van der Waals surface area contributed by atoms with Crippen molar-refractivity contribution in [1.29, 1.82) is 0 Å². The lowest BCUT2D eigenvalue weighted by atomic mass is 9.88. The van der Waals surface area contributed by atoms with Crippen LogP contribution in [0.25, 0.3) is 0 Å². The molecule has 0 aliphatic carbocycles. The highest BCUT2D eigenvalue weighted by Crippen LogP contribution is 2.23. The molecule has 6 heteroatoms. The van der Waals surface area contributed by atoms with E-state index in [9.17, 15) is 4.79 Å². The maximum Gasteiger partial charge on any atom is 0.160 e. The van der Waals surface area contributed by atoms with Gasteiger partial charge in [0.2, 0.25) is 0 Å². The van der Waals surface area contributed by atoms with E-state index >= 15 is 0 Å².